The number of nitrogens with zero attached hydrogens (tertiary/aromatic N) is 1. The minimum absolute atomic E-state index is 0.656. The molecule has 0 aliphatic heterocycles. The molecule has 1 aliphatic carbocycles. The van der Waals surface area contributed by atoms with Crippen LogP contribution in [-0.4, -0.2) is 15.6 Å². The molecule has 3 nitrogen and oxygen atoms in total. The second kappa shape index (κ2) is 7.07. The van der Waals surface area contributed by atoms with E-state index >= 15 is 0 Å². The van der Waals surface area contributed by atoms with Gasteiger partial charge < -0.3 is 9.87 Å². The maximum absolute atomic E-state index is 9.41. The molecule has 110 valence electrons. The lowest BCUT2D eigenvalue weighted by Gasteiger charge is -2.27. The molecule has 2 aromatic rings. The van der Waals surface area contributed by atoms with Crippen LogP contribution in [0.5, 0.6) is 0 Å². The number of nitrogens with one attached hydrogen (secondary N) is 1. The molecule has 0 saturated heterocycles. The summed E-state index contributed by atoms with van der Waals surface area (Å²) in [5, 5.41) is 3.56. The Hall–Kier alpha value is -1.36. The zero-order valence-electron chi connectivity index (χ0n) is 12.0. The van der Waals surface area contributed by atoms with E-state index in [0.717, 1.165) is 29.9 Å². The van der Waals surface area contributed by atoms with Crippen LogP contribution in [-0.2, 0) is 13.0 Å². The Morgan fingerprint density at radius 3 is 2.81 bits per heavy atom. The van der Waals surface area contributed by atoms with Gasteiger partial charge in [0.25, 0.3) is 0 Å². The Labute approximate surface area is 130 Å². The van der Waals surface area contributed by atoms with Gasteiger partial charge in [0.2, 0.25) is 0 Å². The molecule has 0 unspecified atom stereocenters. The van der Waals surface area contributed by atoms with Crippen molar-refractivity contribution >= 4 is 12.0 Å². The fourth-order valence-corrected chi connectivity index (χ4v) is 2.95. The Kier molecular flexibility index (Phi) is 4.91. The number of hydrogen-bond acceptors (Lipinski definition) is 4. The molecule has 1 aromatic carbocycles. The van der Waals surface area contributed by atoms with E-state index in [4.69, 9.17) is 0 Å². The summed E-state index contributed by atoms with van der Waals surface area (Å²) in [5.74, 6) is 0. The van der Waals surface area contributed by atoms with Gasteiger partial charge in [-0.05, 0) is 48.1 Å². The number of aromatic nitrogens is 1. The number of pyridine rings is 1. The maximum atomic E-state index is 9.41. The molecular weight excluding hydrogens is 280 g/mol. The lowest BCUT2D eigenvalue weighted by molar-refractivity contribution is 0.337. The van der Waals surface area contributed by atoms with E-state index in [0.29, 0.717) is 6.04 Å². The monoisotopic (exact) mass is 300 g/mol. The zero-order chi connectivity index (χ0) is 14.5. The maximum Gasteiger partial charge on any atom is 0.0395 e. The van der Waals surface area contributed by atoms with E-state index in [1.54, 1.807) is 6.20 Å². The third-order valence-corrected chi connectivity index (χ3v) is 4.64. The average Bonchev–Trinajstić information content (AvgIpc) is 2.47. The van der Waals surface area contributed by atoms with Gasteiger partial charge >= 0.3 is 0 Å². The number of rotatable bonds is 6. The van der Waals surface area contributed by atoms with Gasteiger partial charge in [-0.1, -0.05) is 24.6 Å². The predicted octanol–water partition coefficient (Wildman–Crippen LogP) is 3.88. The van der Waals surface area contributed by atoms with E-state index in [1.165, 1.54) is 36.0 Å². The van der Waals surface area contributed by atoms with Crippen LogP contribution in [0.3, 0.4) is 0 Å². The van der Waals surface area contributed by atoms with Crippen molar-refractivity contribution in [3.63, 3.8) is 0 Å². The largest absolute Gasteiger partial charge is 0.325 e. The van der Waals surface area contributed by atoms with Crippen LogP contribution in [0.25, 0.3) is 0 Å². The first kappa shape index (κ1) is 14.6. The second-order valence-electron chi connectivity index (χ2n) is 5.58. The highest BCUT2D eigenvalue weighted by Crippen LogP contribution is 2.24. The first-order valence-electron chi connectivity index (χ1n) is 7.40. The molecule has 0 bridgehead atoms. The molecular formula is C17H20N2OS. The highest BCUT2D eigenvalue weighted by Gasteiger charge is 2.17. The summed E-state index contributed by atoms with van der Waals surface area (Å²) in [5.41, 5.74) is 3.64. The molecule has 0 radical (unpaired) electrons. The lowest BCUT2D eigenvalue weighted by Crippen LogP contribution is -2.34. The van der Waals surface area contributed by atoms with Gasteiger partial charge in [0, 0.05) is 41.9 Å². The van der Waals surface area contributed by atoms with E-state index in [2.05, 4.69) is 28.5 Å². The normalized spacial score (nSPS) is 14.9. The Balaban J connectivity index is 1.72. The van der Waals surface area contributed by atoms with Gasteiger partial charge in [-0.3, -0.25) is 4.98 Å². The molecule has 0 atom stereocenters. The summed E-state index contributed by atoms with van der Waals surface area (Å²) in [6.45, 7) is 0.828. The zero-order valence-corrected chi connectivity index (χ0v) is 12.8. The van der Waals surface area contributed by atoms with Crippen molar-refractivity contribution in [1.82, 2.24) is 10.3 Å². The summed E-state index contributed by atoms with van der Waals surface area (Å²) in [6, 6.07) is 11.0. The topological polar surface area (TPSA) is 45.2 Å². The van der Waals surface area contributed by atoms with E-state index < -0.39 is 0 Å². The van der Waals surface area contributed by atoms with Crippen LogP contribution in [0.1, 0.15) is 36.0 Å². The van der Waals surface area contributed by atoms with Gasteiger partial charge in [-0.2, -0.15) is 0 Å². The second-order valence-corrected chi connectivity index (χ2v) is 6.20. The predicted molar refractivity (Wildman–Crippen MR) is 86.4 cm³/mol. The molecule has 0 spiro atoms. The third kappa shape index (κ3) is 3.84. The van der Waals surface area contributed by atoms with Gasteiger partial charge in [0.15, 0.2) is 0 Å². The fraction of sp³-hybridized carbons (Fsp3) is 0.353. The van der Waals surface area contributed by atoms with Gasteiger partial charge in [0.1, 0.15) is 0 Å². The first-order chi connectivity index (χ1) is 10.3. The number of benzene rings is 1. The number of hydrogen-bond donors (Lipinski definition) is 2. The van der Waals surface area contributed by atoms with Gasteiger partial charge in [0.05, 0.1) is 0 Å². The quantitative estimate of drug-likeness (QED) is 0.795. The van der Waals surface area contributed by atoms with Crippen molar-refractivity contribution in [1.29, 1.82) is 0 Å². The fourth-order valence-electron chi connectivity index (χ4n) is 2.58. The van der Waals surface area contributed by atoms with Crippen molar-refractivity contribution in [3.05, 3.63) is 59.4 Å². The minimum atomic E-state index is 0.656. The van der Waals surface area contributed by atoms with Crippen molar-refractivity contribution in [2.45, 2.75) is 43.2 Å². The molecule has 1 aromatic heterocycles. The molecule has 21 heavy (non-hydrogen) atoms. The standard InChI is InChI=1S/C17H20N2OS/c20-21-17-7-6-13(9-14-3-2-8-18-11-14)10-15(17)12-19-16-4-1-5-16/h2-3,6-8,10-11,16,19-20H,1,4-5,9,12H2. The molecule has 1 fully saturated rings. The first-order valence-corrected chi connectivity index (χ1v) is 8.18. The van der Waals surface area contributed by atoms with Crippen LogP contribution in [0.15, 0.2) is 47.6 Å². The molecule has 4 heteroatoms. The summed E-state index contributed by atoms with van der Waals surface area (Å²) < 4.78 is 9.41. The molecule has 3 rings (SSSR count). The van der Waals surface area contributed by atoms with Crippen LogP contribution in [0.2, 0.25) is 0 Å². The highest BCUT2D eigenvalue weighted by molar-refractivity contribution is 7.93. The third-order valence-electron chi connectivity index (χ3n) is 4.04. The Bertz CT molecular complexity index is 585. The van der Waals surface area contributed by atoms with Gasteiger partial charge in [-0.15, -0.1) is 0 Å². The summed E-state index contributed by atoms with van der Waals surface area (Å²) in [4.78, 5) is 5.10. The summed E-state index contributed by atoms with van der Waals surface area (Å²) in [6.07, 6.45) is 8.46. The minimum Gasteiger partial charge on any atom is -0.325 e. The van der Waals surface area contributed by atoms with Crippen molar-refractivity contribution in [2.24, 2.45) is 0 Å². The molecule has 1 heterocycles. The van der Waals surface area contributed by atoms with Crippen molar-refractivity contribution in [3.8, 4) is 0 Å². The average molecular weight is 300 g/mol. The molecule has 1 saturated carbocycles. The molecule has 0 amide bonds. The Morgan fingerprint density at radius 1 is 1.24 bits per heavy atom. The van der Waals surface area contributed by atoms with Crippen LogP contribution in [0.4, 0.5) is 0 Å². The summed E-state index contributed by atoms with van der Waals surface area (Å²) in [7, 11) is 0. The van der Waals surface area contributed by atoms with E-state index in [9.17, 15) is 4.55 Å². The lowest BCUT2D eigenvalue weighted by atomic mass is 9.93. The molecule has 1 aliphatic rings. The Morgan fingerprint density at radius 2 is 2.14 bits per heavy atom. The highest BCUT2D eigenvalue weighted by atomic mass is 32.2. The van der Waals surface area contributed by atoms with Crippen molar-refractivity contribution < 1.29 is 4.55 Å². The molecule has 2 N–H and O–H groups in total. The van der Waals surface area contributed by atoms with Gasteiger partial charge in [-0.25, -0.2) is 0 Å². The van der Waals surface area contributed by atoms with Crippen molar-refractivity contribution in [2.75, 3.05) is 0 Å². The van der Waals surface area contributed by atoms with E-state index in [-0.39, 0.29) is 0 Å². The van der Waals surface area contributed by atoms with Crippen LogP contribution < -0.4 is 5.32 Å². The van der Waals surface area contributed by atoms with E-state index in [1.807, 2.05) is 18.3 Å². The van der Waals surface area contributed by atoms with Crippen LogP contribution >= 0.6 is 12.0 Å². The van der Waals surface area contributed by atoms with Crippen LogP contribution in [0, 0.1) is 0 Å². The SMILES string of the molecule is OSc1ccc(Cc2cccnc2)cc1CNC1CCC1. The summed E-state index contributed by atoms with van der Waals surface area (Å²) >= 11 is 0.835. The smallest absolute Gasteiger partial charge is 0.0395 e.